The normalized spacial score (nSPS) is 15.5. The Hall–Kier alpha value is -0.930. The smallest absolute Gasteiger partial charge is 0.193 e. The van der Waals surface area contributed by atoms with E-state index in [-0.39, 0.29) is 29.8 Å². The summed E-state index contributed by atoms with van der Waals surface area (Å²) in [5, 5.41) is 3.43. The van der Waals surface area contributed by atoms with Gasteiger partial charge in [-0.2, -0.15) is 0 Å². The molecule has 0 spiro atoms. The molecule has 0 aromatic heterocycles. The molecule has 0 saturated carbocycles. The summed E-state index contributed by atoms with van der Waals surface area (Å²) in [7, 11) is 6.00. The van der Waals surface area contributed by atoms with Gasteiger partial charge in [0, 0.05) is 53.5 Å². The van der Waals surface area contributed by atoms with E-state index in [1.54, 1.807) is 0 Å². The molecule has 2 rings (SSSR count). The van der Waals surface area contributed by atoms with Crippen LogP contribution >= 0.6 is 24.0 Å². The number of rotatable bonds is 8. The molecular formula is C20H34FIN4O. The number of ether oxygens (including phenoxy) is 1. The van der Waals surface area contributed by atoms with Crippen LogP contribution in [0.2, 0.25) is 0 Å². The molecular weight excluding hydrogens is 458 g/mol. The molecule has 1 N–H and O–H groups in total. The van der Waals surface area contributed by atoms with Crippen molar-refractivity contribution in [3.8, 4) is 0 Å². The molecule has 1 aromatic rings. The Labute approximate surface area is 180 Å². The third kappa shape index (κ3) is 9.21. The van der Waals surface area contributed by atoms with Gasteiger partial charge < -0.3 is 19.9 Å². The second-order valence-electron chi connectivity index (χ2n) is 7.10. The maximum atomic E-state index is 13.0. The average Bonchev–Trinajstić information content (AvgIpc) is 2.66. The minimum atomic E-state index is -0.189. The minimum absolute atomic E-state index is 0. The van der Waals surface area contributed by atoms with Gasteiger partial charge in [0.15, 0.2) is 5.96 Å². The number of aliphatic imine (C=N–C) groups is 1. The first-order valence-corrected chi connectivity index (χ1v) is 9.51. The van der Waals surface area contributed by atoms with Gasteiger partial charge in [-0.3, -0.25) is 4.99 Å². The number of nitrogens with one attached hydrogen (secondary N) is 1. The predicted octanol–water partition coefficient (Wildman–Crippen LogP) is 3.20. The number of nitrogens with zero attached hydrogens (tertiary/aromatic N) is 3. The van der Waals surface area contributed by atoms with Crippen LogP contribution in [0.25, 0.3) is 0 Å². The number of guanidine groups is 1. The Kier molecular flexibility index (Phi) is 11.9. The van der Waals surface area contributed by atoms with E-state index < -0.39 is 0 Å². The van der Waals surface area contributed by atoms with E-state index in [1.165, 1.54) is 31.4 Å². The van der Waals surface area contributed by atoms with E-state index in [2.05, 4.69) is 34.2 Å². The van der Waals surface area contributed by atoms with Crippen LogP contribution in [0.1, 0.15) is 24.8 Å². The molecule has 7 heteroatoms. The second kappa shape index (κ2) is 13.3. The van der Waals surface area contributed by atoms with Crippen LogP contribution in [-0.2, 0) is 11.3 Å². The van der Waals surface area contributed by atoms with Crippen molar-refractivity contribution in [3.05, 3.63) is 35.6 Å². The third-order valence-electron chi connectivity index (χ3n) is 4.93. The van der Waals surface area contributed by atoms with Crippen LogP contribution in [0, 0.1) is 11.7 Å². The summed E-state index contributed by atoms with van der Waals surface area (Å²) in [6, 6.07) is 6.69. The summed E-state index contributed by atoms with van der Waals surface area (Å²) in [5.41, 5.74) is 1.12. The Morgan fingerprint density at radius 3 is 2.48 bits per heavy atom. The summed E-state index contributed by atoms with van der Waals surface area (Å²) in [4.78, 5) is 8.81. The van der Waals surface area contributed by atoms with Gasteiger partial charge in [0.05, 0.1) is 0 Å². The van der Waals surface area contributed by atoms with E-state index in [9.17, 15) is 4.39 Å². The van der Waals surface area contributed by atoms with Crippen LogP contribution in [-0.4, -0.2) is 69.8 Å². The fraction of sp³-hybridized carbons (Fsp3) is 0.650. The van der Waals surface area contributed by atoms with Crippen LogP contribution < -0.4 is 5.32 Å². The number of benzene rings is 1. The van der Waals surface area contributed by atoms with E-state index in [1.807, 2.05) is 19.2 Å². The lowest BCUT2D eigenvalue weighted by molar-refractivity contribution is 0.0625. The lowest BCUT2D eigenvalue weighted by atomic mass is 9.96. The molecule has 0 radical (unpaired) electrons. The van der Waals surface area contributed by atoms with E-state index in [4.69, 9.17) is 4.74 Å². The van der Waals surface area contributed by atoms with E-state index >= 15 is 0 Å². The van der Waals surface area contributed by atoms with Crippen molar-refractivity contribution >= 4 is 29.9 Å². The van der Waals surface area contributed by atoms with Gasteiger partial charge in [-0.05, 0) is 49.9 Å². The van der Waals surface area contributed by atoms with Crippen molar-refractivity contribution in [2.45, 2.75) is 25.8 Å². The van der Waals surface area contributed by atoms with Gasteiger partial charge >= 0.3 is 0 Å². The molecule has 1 fully saturated rings. The third-order valence-corrected chi connectivity index (χ3v) is 4.93. The van der Waals surface area contributed by atoms with Gasteiger partial charge in [0.25, 0.3) is 0 Å². The molecule has 5 nitrogen and oxygen atoms in total. The molecule has 0 aliphatic carbocycles. The quantitative estimate of drug-likeness (QED) is 0.344. The Morgan fingerprint density at radius 1 is 1.19 bits per heavy atom. The maximum Gasteiger partial charge on any atom is 0.193 e. The first-order chi connectivity index (χ1) is 12.6. The largest absolute Gasteiger partial charge is 0.381 e. The van der Waals surface area contributed by atoms with Crippen molar-refractivity contribution < 1.29 is 9.13 Å². The second-order valence-corrected chi connectivity index (χ2v) is 7.10. The summed E-state index contributed by atoms with van der Waals surface area (Å²) in [6.07, 6.45) is 3.53. The zero-order valence-corrected chi connectivity index (χ0v) is 19.1. The Balaban J connectivity index is 0.00000364. The summed E-state index contributed by atoms with van der Waals surface area (Å²) in [5.74, 6) is 1.52. The van der Waals surface area contributed by atoms with E-state index in [0.717, 1.165) is 56.8 Å². The molecule has 0 amide bonds. The Morgan fingerprint density at radius 2 is 1.85 bits per heavy atom. The predicted molar refractivity (Wildman–Crippen MR) is 120 cm³/mol. The van der Waals surface area contributed by atoms with Crippen molar-refractivity contribution in [2.75, 3.05) is 54.0 Å². The van der Waals surface area contributed by atoms with Gasteiger partial charge in [-0.15, -0.1) is 24.0 Å². The Bertz CT molecular complexity index is 549. The highest BCUT2D eigenvalue weighted by atomic mass is 127. The molecule has 1 heterocycles. The molecule has 27 heavy (non-hydrogen) atoms. The highest BCUT2D eigenvalue weighted by molar-refractivity contribution is 14.0. The summed E-state index contributed by atoms with van der Waals surface area (Å²) < 4.78 is 18.4. The van der Waals surface area contributed by atoms with Crippen molar-refractivity contribution in [3.63, 3.8) is 0 Å². The molecule has 1 aliphatic heterocycles. The first kappa shape index (κ1) is 24.1. The van der Waals surface area contributed by atoms with Crippen LogP contribution in [0.5, 0.6) is 0 Å². The number of halogens is 2. The highest BCUT2D eigenvalue weighted by Gasteiger charge is 2.15. The molecule has 0 bridgehead atoms. The molecule has 1 aromatic carbocycles. The standard InChI is InChI=1S/C20H33FN4O.HI/c1-22-20(25(3)12-8-17-9-14-26-15-10-17)23-11-13-24(2)16-18-4-6-19(21)7-5-18;/h4-7,17H,8-16H2,1-3H3,(H,22,23);1H. The fourth-order valence-electron chi connectivity index (χ4n) is 3.24. The van der Waals surface area contributed by atoms with Crippen LogP contribution in [0.3, 0.4) is 0 Å². The SMILES string of the molecule is CN=C(NCCN(C)Cc1ccc(F)cc1)N(C)CCC1CCOCC1.I. The summed E-state index contributed by atoms with van der Waals surface area (Å²) >= 11 is 0. The monoisotopic (exact) mass is 492 g/mol. The molecule has 1 aliphatic rings. The first-order valence-electron chi connectivity index (χ1n) is 9.51. The van der Waals surface area contributed by atoms with Crippen molar-refractivity contribution in [1.82, 2.24) is 15.1 Å². The zero-order chi connectivity index (χ0) is 18.8. The maximum absolute atomic E-state index is 13.0. The van der Waals surface area contributed by atoms with E-state index in [0.29, 0.717) is 0 Å². The molecule has 1 saturated heterocycles. The van der Waals surface area contributed by atoms with Crippen LogP contribution in [0.15, 0.2) is 29.3 Å². The van der Waals surface area contributed by atoms with Gasteiger partial charge in [-0.1, -0.05) is 12.1 Å². The highest BCUT2D eigenvalue weighted by Crippen LogP contribution is 2.18. The zero-order valence-electron chi connectivity index (χ0n) is 16.8. The van der Waals surface area contributed by atoms with Crippen molar-refractivity contribution in [2.24, 2.45) is 10.9 Å². The number of likely N-dealkylation sites (N-methyl/N-ethyl adjacent to an activating group) is 1. The molecule has 154 valence electrons. The van der Waals surface area contributed by atoms with Gasteiger partial charge in [0.1, 0.15) is 5.82 Å². The summed E-state index contributed by atoms with van der Waals surface area (Å²) in [6.45, 7) is 5.34. The average molecular weight is 492 g/mol. The topological polar surface area (TPSA) is 40.1 Å². The van der Waals surface area contributed by atoms with Crippen LogP contribution in [0.4, 0.5) is 4.39 Å². The molecule has 0 atom stereocenters. The lowest BCUT2D eigenvalue weighted by Crippen LogP contribution is -2.42. The fourth-order valence-corrected chi connectivity index (χ4v) is 3.24. The number of hydrogen-bond acceptors (Lipinski definition) is 3. The molecule has 0 unspecified atom stereocenters. The lowest BCUT2D eigenvalue weighted by Gasteiger charge is -2.27. The minimum Gasteiger partial charge on any atom is -0.381 e. The van der Waals surface area contributed by atoms with Gasteiger partial charge in [-0.25, -0.2) is 4.39 Å². The van der Waals surface area contributed by atoms with Gasteiger partial charge in [0.2, 0.25) is 0 Å². The van der Waals surface area contributed by atoms with Crippen molar-refractivity contribution in [1.29, 1.82) is 0 Å². The number of hydrogen-bond donors (Lipinski definition) is 1.